The van der Waals surface area contributed by atoms with Crippen LogP contribution in [-0.4, -0.2) is 35.6 Å². The Bertz CT molecular complexity index is 394. The minimum Gasteiger partial charge on any atom is -0.481 e. The summed E-state index contributed by atoms with van der Waals surface area (Å²) in [7, 11) is 0. The number of carbonyl (C=O) groups is 1. The molecule has 0 atom stereocenters. The summed E-state index contributed by atoms with van der Waals surface area (Å²) in [6, 6.07) is 8.65. The van der Waals surface area contributed by atoms with Gasteiger partial charge in [0.1, 0.15) is 0 Å². The largest absolute Gasteiger partial charge is 0.481 e. The maximum absolute atomic E-state index is 10.5. The van der Waals surface area contributed by atoms with Crippen LogP contribution in [-0.2, 0) is 17.6 Å². The van der Waals surface area contributed by atoms with E-state index in [-0.39, 0.29) is 6.42 Å². The zero-order valence-corrected chi connectivity index (χ0v) is 11.5. The van der Waals surface area contributed by atoms with Gasteiger partial charge in [-0.2, -0.15) is 0 Å². The molecule has 1 fully saturated rings. The number of carboxylic acid groups (broad SMARTS) is 1. The molecule has 0 unspecified atom stereocenters. The number of hydrogen-bond acceptors (Lipinski definition) is 2. The highest BCUT2D eigenvalue weighted by atomic mass is 16.4. The zero-order valence-electron chi connectivity index (χ0n) is 11.5. The summed E-state index contributed by atoms with van der Waals surface area (Å²) in [6.45, 7) is 3.68. The lowest BCUT2D eigenvalue weighted by molar-refractivity contribution is -0.137. The average molecular weight is 261 g/mol. The summed E-state index contributed by atoms with van der Waals surface area (Å²) >= 11 is 0. The lowest BCUT2D eigenvalue weighted by Gasteiger charge is -2.14. The van der Waals surface area contributed by atoms with E-state index in [1.54, 1.807) is 0 Å². The summed E-state index contributed by atoms with van der Waals surface area (Å²) < 4.78 is 0. The van der Waals surface area contributed by atoms with Gasteiger partial charge in [-0.25, -0.2) is 0 Å². The maximum Gasteiger partial charge on any atom is 0.303 e. The Kier molecular flexibility index (Phi) is 5.40. The second-order valence-electron chi connectivity index (χ2n) is 5.36. The van der Waals surface area contributed by atoms with Crippen LogP contribution in [0.2, 0.25) is 0 Å². The average Bonchev–Trinajstić information content (AvgIpc) is 2.90. The van der Waals surface area contributed by atoms with Crippen molar-refractivity contribution in [1.82, 2.24) is 4.90 Å². The molecule has 0 spiro atoms. The number of benzene rings is 1. The first kappa shape index (κ1) is 14.1. The van der Waals surface area contributed by atoms with Gasteiger partial charge in [0.2, 0.25) is 0 Å². The fraction of sp³-hybridized carbons (Fsp3) is 0.562. The number of likely N-dealkylation sites (tertiary alicyclic amines) is 1. The molecule has 1 aliphatic heterocycles. The fourth-order valence-corrected chi connectivity index (χ4v) is 2.61. The minimum atomic E-state index is -0.706. The smallest absolute Gasteiger partial charge is 0.303 e. The first-order valence-electron chi connectivity index (χ1n) is 7.26. The van der Waals surface area contributed by atoms with Crippen molar-refractivity contribution in [3.05, 3.63) is 35.4 Å². The molecule has 1 aromatic rings. The van der Waals surface area contributed by atoms with Crippen LogP contribution in [0.4, 0.5) is 0 Å². The number of nitrogens with zero attached hydrogens (tertiary/aromatic N) is 1. The van der Waals surface area contributed by atoms with Gasteiger partial charge in [0.15, 0.2) is 0 Å². The van der Waals surface area contributed by atoms with E-state index in [2.05, 4.69) is 29.2 Å². The van der Waals surface area contributed by atoms with E-state index in [9.17, 15) is 4.79 Å². The van der Waals surface area contributed by atoms with Gasteiger partial charge in [-0.3, -0.25) is 4.79 Å². The third-order valence-corrected chi connectivity index (χ3v) is 3.79. The summed E-state index contributed by atoms with van der Waals surface area (Å²) in [5, 5.41) is 8.60. The molecule has 0 amide bonds. The maximum atomic E-state index is 10.5. The second-order valence-corrected chi connectivity index (χ2v) is 5.36. The molecule has 3 nitrogen and oxygen atoms in total. The third-order valence-electron chi connectivity index (χ3n) is 3.79. The van der Waals surface area contributed by atoms with Gasteiger partial charge < -0.3 is 10.0 Å². The van der Waals surface area contributed by atoms with Crippen molar-refractivity contribution in [3.63, 3.8) is 0 Å². The van der Waals surface area contributed by atoms with Crippen molar-refractivity contribution < 1.29 is 9.90 Å². The van der Waals surface area contributed by atoms with Gasteiger partial charge in [-0.1, -0.05) is 24.3 Å². The quantitative estimate of drug-likeness (QED) is 0.820. The number of aliphatic carboxylic acids is 1. The lowest BCUT2D eigenvalue weighted by Crippen LogP contribution is -2.21. The molecule has 1 N–H and O–H groups in total. The van der Waals surface area contributed by atoms with Crippen LogP contribution in [0.3, 0.4) is 0 Å². The molecule has 19 heavy (non-hydrogen) atoms. The predicted molar refractivity (Wildman–Crippen MR) is 76.4 cm³/mol. The van der Waals surface area contributed by atoms with Crippen LogP contribution < -0.4 is 0 Å². The Morgan fingerprint density at radius 3 is 2.21 bits per heavy atom. The molecule has 0 radical (unpaired) electrons. The van der Waals surface area contributed by atoms with Crippen molar-refractivity contribution in [2.75, 3.05) is 19.6 Å². The Morgan fingerprint density at radius 1 is 1.05 bits per heavy atom. The first-order chi connectivity index (χ1) is 9.24. The van der Waals surface area contributed by atoms with Crippen LogP contribution in [0.15, 0.2) is 24.3 Å². The van der Waals surface area contributed by atoms with E-state index in [1.165, 1.54) is 43.6 Å². The molecule has 0 aliphatic carbocycles. The molecule has 0 aromatic heterocycles. The van der Waals surface area contributed by atoms with E-state index in [1.807, 2.05) is 0 Å². The van der Waals surface area contributed by atoms with Crippen molar-refractivity contribution >= 4 is 5.97 Å². The second kappa shape index (κ2) is 7.29. The summed E-state index contributed by atoms with van der Waals surface area (Å²) in [4.78, 5) is 13.0. The molecule has 1 heterocycles. The lowest BCUT2D eigenvalue weighted by atomic mass is 10.0. The van der Waals surface area contributed by atoms with Gasteiger partial charge in [-0.15, -0.1) is 0 Å². The van der Waals surface area contributed by atoms with Crippen LogP contribution in [0.5, 0.6) is 0 Å². The Morgan fingerprint density at radius 2 is 1.63 bits per heavy atom. The Labute approximate surface area is 115 Å². The normalized spacial score (nSPS) is 15.8. The van der Waals surface area contributed by atoms with E-state index in [0.29, 0.717) is 0 Å². The minimum absolute atomic E-state index is 0.261. The zero-order chi connectivity index (χ0) is 13.5. The van der Waals surface area contributed by atoms with Crippen molar-refractivity contribution in [2.24, 2.45) is 0 Å². The molecule has 1 aliphatic rings. The standard InChI is InChI=1S/C16H23NO2/c18-16(19)5-3-4-14-6-8-15(9-7-14)10-13-17-11-1-2-12-17/h6-9H,1-5,10-13H2,(H,18,19). The third kappa shape index (κ3) is 5.03. The molecule has 0 saturated carbocycles. The highest BCUT2D eigenvalue weighted by molar-refractivity contribution is 5.66. The molecule has 0 bridgehead atoms. The predicted octanol–water partition coefficient (Wildman–Crippen LogP) is 2.73. The van der Waals surface area contributed by atoms with Gasteiger partial charge in [0.05, 0.1) is 0 Å². The molecular formula is C16H23NO2. The monoisotopic (exact) mass is 261 g/mol. The van der Waals surface area contributed by atoms with E-state index in [0.717, 1.165) is 19.3 Å². The number of carboxylic acids is 1. The topological polar surface area (TPSA) is 40.5 Å². The van der Waals surface area contributed by atoms with Gasteiger partial charge >= 0.3 is 5.97 Å². The highest BCUT2D eigenvalue weighted by Gasteiger charge is 2.10. The number of aryl methyl sites for hydroxylation is 1. The van der Waals surface area contributed by atoms with Gasteiger partial charge in [-0.05, 0) is 56.3 Å². The van der Waals surface area contributed by atoms with Crippen molar-refractivity contribution in [2.45, 2.75) is 38.5 Å². The molecule has 1 aromatic carbocycles. The Balaban J connectivity index is 1.72. The Hall–Kier alpha value is -1.35. The van der Waals surface area contributed by atoms with Gasteiger partial charge in [0.25, 0.3) is 0 Å². The van der Waals surface area contributed by atoms with E-state index < -0.39 is 5.97 Å². The van der Waals surface area contributed by atoms with Crippen LogP contribution in [0, 0.1) is 0 Å². The molecule has 3 heteroatoms. The summed E-state index contributed by atoms with van der Waals surface area (Å²) in [6.07, 6.45) is 5.66. The number of hydrogen-bond donors (Lipinski definition) is 1. The van der Waals surface area contributed by atoms with Crippen molar-refractivity contribution in [3.8, 4) is 0 Å². The van der Waals surface area contributed by atoms with Crippen molar-refractivity contribution in [1.29, 1.82) is 0 Å². The van der Waals surface area contributed by atoms with Crippen LogP contribution >= 0.6 is 0 Å². The first-order valence-corrected chi connectivity index (χ1v) is 7.26. The summed E-state index contributed by atoms with van der Waals surface area (Å²) in [5.41, 5.74) is 2.63. The molecular weight excluding hydrogens is 238 g/mol. The number of rotatable bonds is 7. The highest BCUT2D eigenvalue weighted by Crippen LogP contribution is 2.11. The SMILES string of the molecule is O=C(O)CCCc1ccc(CCN2CCCC2)cc1. The molecule has 104 valence electrons. The fourth-order valence-electron chi connectivity index (χ4n) is 2.61. The van der Waals surface area contributed by atoms with Crippen LogP contribution in [0.1, 0.15) is 36.8 Å². The summed E-state index contributed by atoms with van der Waals surface area (Å²) in [5.74, 6) is -0.706. The van der Waals surface area contributed by atoms with Gasteiger partial charge in [0, 0.05) is 13.0 Å². The molecule has 1 saturated heterocycles. The van der Waals surface area contributed by atoms with E-state index in [4.69, 9.17) is 5.11 Å². The van der Waals surface area contributed by atoms with E-state index >= 15 is 0 Å². The van der Waals surface area contributed by atoms with Crippen LogP contribution in [0.25, 0.3) is 0 Å². The molecule has 2 rings (SSSR count).